The minimum atomic E-state index is -0.506. The molecule has 5 heteroatoms. The smallest absolute Gasteiger partial charge is 0.347 e. The molecule has 0 bridgehead atoms. The maximum absolute atomic E-state index is 10.3. The third kappa shape index (κ3) is 4.73. The lowest BCUT2D eigenvalue weighted by Crippen LogP contribution is -2.09. The van der Waals surface area contributed by atoms with Crippen molar-refractivity contribution in [2.45, 2.75) is 6.92 Å². The van der Waals surface area contributed by atoms with E-state index >= 15 is 0 Å². The molecule has 0 aliphatic heterocycles. The third-order valence-electron chi connectivity index (χ3n) is 0.552. The number of nitrogens with one attached hydrogen (secondary N) is 1. The van der Waals surface area contributed by atoms with Gasteiger partial charge in [-0.05, 0) is 6.92 Å². The van der Waals surface area contributed by atoms with Crippen molar-refractivity contribution in [2.24, 2.45) is 5.28 Å². The second-order valence-corrected chi connectivity index (χ2v) is 1.17. The molecule has 0 aromatic carbocycles. The normalized spacial score (nSPS) is 8.11. The number of esters is 1. The first-order valence-electron chi connectivity index (χ1n) is 2.45. The van der Waals surface area contributed by atoms with E-state index in [1.165, 1.54) is 0 Å². The SMILES string of the molecule is CCOC(=O)CON=N. The highest BCUT2D eigenvalue weighted by atomic mass is 16.7. The molecule has 1 N–H and O–H groups in total. The summed E-state index contributed by atoms with van der Waals surface area (Å²) >= 11 is 0. The fourth-order valence-electron chi connectivity index (χ4n) is 0.288. The van der Waals surface area contributed by atoms with Crippen molar-refractivity contribution in [3.05, 3.63) is 0 Å². The van der Waals surface area contributed by atoms with Crippen LogP contribution in [0, 0.1) is 5.53 Å². The molecule has 0 unspecified atom stereocenters. The maximum atomic E-state index is 10.3. The summed E-state index contributed by atoms with van der Waals surface area (Å²) in [6, 6.07) is 0. The fourth-order valence-corrected chi connectivity index (χ4v) is 0.288. The van der Waals surface area contributed by atoms with Gasteiger partial charge in [0.15, 0.2) is 0 Å². The standard InChI is InChI=1S/C4H8N2O3/c1-2-8-4(7)3-9-6-5/h5H,2-3H2,1H3. The second kappa shape index (κ2) is 5.02. The summed E-state index contributed by atoms with van der Waals surface area (Å²) in [6.45, 7) is 1.73. The van der Waals surface area contributed by atoms with E-state index in [-0.39, 0.29) is 6.61 Å². The van der Waals surface area contributed by atoms with Crippen LogP contribution in [0.5, 0.6) is 0 Å². The Morgan fingerprint density at radius 3 is 2.89 bits per heavy atom. The zero-order chi connectivity index (χ0) is 7.11. The molecule has 0 aromatic rings. The Hall–Kier alpha value is -1.13. The van der Waals surface area contributed by atoms with Crippen LogP contribution in [0.1, 0.15) is 6.92 Å². The Morgan fingerprint density at radius 2 is 2.44 bits per heavy atom. The summed E-state index contributed by atoms with van der Waals surface area (Å²) in [5.74, 6) is -0.506. The van der Waals surface area contributed by atoms with Gasteiger partial charge in [-0.1, -0.05) is 0 Å². The summed E-state index contributed by atoms with van der Waals surface area (Å²) in [4.78, 5) is 14.4. The van der Waals surface area contributed by atoms with Crippen molar-refractivity contribution < 1.29 is 14.4 Å². The predicted molar refractivity (Wildman–Crippen MR) is 27.7 cm³/mol. The van der Waals surface area contributed by atoms with Crippen molar-refractivity contribution in [1.29, 1.82) is 5.53 Å². The third-order valence-corrected chi connectivity index (χ3v) is 0.552. The molecule has 0 radical (unpaired) electrons. The Morgan fingerprint density at radius 1 is 1.78 bits per heavy atom. The summed E-state index contributed by atoms with van der Waals surface area (Å²) in [7, 11) is 0. The molecule has 0 saturated carbocycles. The van der Waals surface area contributed by atoms with Crippen LogP contribution in [-0.4, -0.2) is 19.2 Å². The van der Waals surface area contributed by atoms with E-state index in [1.807, 2.05) is 0 Å². The minimum absolute atomic E-state index is 0.280. The van der Waals surface area contributed by atoms with E-state index in [1.54, 1.807) is 6.92 Å². The predicted octanol–water partition coefficient (Wildman–Crippen LogP) is 0.512. The number of carbonyl (C=O) groups excluding carboxylic acids is 1. The van der Waals surface area contributed by atoms with Gasteiger partial charge in [-0.2, -0.15) is 5.53 Å². The first kappa shape index (κ1) is 7.87. The van der Waals surface area contributed by atoms with Crippen molar-refractivity contribution in [3.63, 3.8) is 0 Å². The van der Waals surface area contributed by atoms with Gasteiger partial charge >= 0.3 is 5.97 Å². The van der Waals surface area contributed by atoms with Crippen molar-refractivity contribution in [2.75, 3.05) is 13.2 Å². The number of carbonyl (C=O) groups is 1. The molecule has 0 amide bonds. The molecule has 0 saturated heterocycles. The Kier molecular flexibility index (Phi) is 4.39. The second-order valence-electron chi connectivity index (χ2n) is 1.17. The Labute approximate surface area is 52.4 Å². The van der Waals surface area contributed by atoms with E-state index in [2.05, 4.69) is 14.9 Å². The number of hydrogen-bond acceptors (Lipinski definition) is 5. The Bertz CT molecular complexity index is 104. The van der Waals surface area contributed by atoms with Crippen LogP contribution >= 0.6 is 0 Å². The molecular weight excluding hydrogens is 124 g/mol. The zero-order valence-corrected chi connectivity index (χ0v) is 5.09. The summed E-state index contributed by atoms with van der Waals surface area (Å²) in [5.41, 5.74) is 6.12. The van der Waals surface area contributed by atoms with Crippen LogP contribution < -0.4 is 0 Å². The lowest BCUT2D eigenvalue weighted by atomic mass is 10.7. The van der Waals surface area contributed by atoms with Gasteiger partial charge in [0.25, 0.3) is 0 Å². The van der Waals surface area contributed by atoms with Gasteiger partial charge in [0, 0.05) is 5.28 Å². The monoisotopic (exact) mass is 132 g/mol. The average Bonchev–Trinajstić information content (AvgIpc) is 1.85. The molecule has 0 aromatic heterocycles. The highest BCUT2D eigenvalue weighted by Gasteiger charge is 1.99. The number of ether oxygens (including phenoxy) is 1. The summed E-state index contributed by atoms with van der Waals surface area (Å²) in [5, 5.41) is 2.51. The summed E-state index contributed by atoms with van der Waals surface area (Å²) < 4.78 is 4.44. The van der Waals surface area contributed by atoms with Gasteiger partial charge in [0.2, 0.25) is 6.61 Å². The molecule has 0 heterocycles. The van der Waals surface area contributed by atoms with Gasteiger partial charge in [0.05, 0.1) is 6.61 Å². The van der Waals surface area contributed by atoms with Crippen molar-refractivity contribution in [1.82, 2.24) is 0 Å². The van der Waals surface area contributed by atoms with Crippen LogP contribution in [0.3, 0.4) is 0 Å². The molecule has 0 fully saturated rings. The van der Waals surface area contributed by atoms with E-state index in [0.29, 0.717) is 6.61 Å². The van der Waals surface area contributed by atoms with Gasteiger partial charge < -0.3 is 9.57 Å². The van der Waals surface area contributed by atoms with Crippen molar-refractivity contribution >= 4 is 5.97 Å². The molecule has 0 atom stereocenters. The summed E-state index contributed by atoms with van der Waals surface area (Å²) in [6.07, 6.45) is 0. The van der Waals surface area contributed by atoms with E-state index in [4.69, 9.17) is 5.53 Å². The van der Waals surface area contributed by atoms with Gasteiger partial charge in [-0.3, -0.25) is 0 Å². The van der Waals surface area contributed by atoms with Crippen LogP contribution in [-0.2, 0) is 14.4 Å². The highest BCUT2D eigenvalue weighted by Crippen LogP contribution is 1.79. The van der Waals surface area contributed by atoms with E-state index in [9.17, 15) is 4.79 Å². The Balaban J connectivity index is 3.16. The average molecular weight is 132 g/mol. The number of rotatable bonds is 4. The molecule has 0 rings (SSSR count). The zero-order valence-electron chi connectivity index (χ0n) is 5.09. The molecule has 0 spiro atoms. The van der Waals surface area contributed by atoms with Gasteiger partial charge in [-0.25, -0.2) is 4.79 Å². The number of hydrogen-bond donors (Lipinski definition) is 1. The topological polar surface area (TPSA) is 71.7 Å². The molecular formula is C4H8N2O3. The molecule has 0 aliphatic carbocycles. The van der Waals surface area contributed by atoms with Gasteiger partial charge in [0.1, 0.15) is 0 Å². The lowest BCUT2D eigenvalue weighted by molar-refractivity contribution is -0.148. The molecule has 52 valence electrons. The van der Waals surface area contributed by atoms with Crippen LogP contribution in [0.4, 0.5) is 0 Å². The first-order chi connectivity index (χ1) is 4.31. The molecule has 0 aliphatic rings. The number of nitrogens with zero attached hydrogens (tertiary/aromatic N) is 1. The molecule has 5 nitrogen and oxygen atoms in total. The van der Waals surface area contributed by atoms with Crippen LogP contribution in [0.2, 0.25) is 0 Å². The van der Waals surface area contributed by atoms with E-state index < -0.39 is 5.97 Å². The first-order valence-corrected chi connectivity index (χ1v) is 2.45. The molecule has 9 heavy (non-hydrogen) atoms. The maximum Gasteiger partial charge on any atom is 0.347 e. The lowest BCUT2D eigenvalue weighted by Gasteiger charge is -1.96. The van der Waals surface area contributed by atoms with Crippen LogP contribution in [0.25, 0.3) is 0 Å². The van der Waals surface area contributed by atoms with Crippen molar-refractivity contribution in [3.8, 4) is 0 Å². The largest absolute Gasteiger partial charge is 0.463 e. The highest BCUT2D eigenvalue weighted by molar-refractivity contribution is 5.70. The van der Waals surface area contributed by atoms with Gasteiger partial charge in [-0.15, -0.1) is 0 Å². The van der Waals surface area contributed by atoms with E-state index in [0.717, 1.165) is 0 Å². The fraction of sp³-hybridized carbons (Fsp3) is 0.750. The minimum Gasteiger partial charge on any atom is -0.463 e. The quantitative estimate of drug-likeness (QED) is 0.344. The van der Waals surface area contributed by atoms with Crippen LogP contribution in [0.15, 0.2) is 5.28 Å².